The third-order valence-corrected chi connectivity index (χ3v) is 4.34. The van der Waals surface area contributed by atoms with Gasteiger partial charge in [-0.2, -0.15) is 0 Å². The molecule has 0 saturated heterocycles. The van der Waals surface area contributed by atoms with Crippen LogP contribution in [-0.2, 0) is 12.0 Å². The maximum atomic E-state index is 11.6. The Morgan fingerprint density at radius 2 is 1.88 bits per heavy atom. The third-order valence-electron chi connectivity index (χ3n) is 4.13. The van der Waals surface area contributed by atoms with E-state index in [4.69, 9.17) is 11.6 Å². The van der Waals surface area contributed by atoms with Crippen molar-refractivity contribution >= 4 is 28.5 Å². The highest BCUT2D eigenvalue weighted by molar-refractivity contribution is 6.30. The summed E-state index contributed by atoms with van der Waals surface area (Å²) in [5.41, 5.74) is 3.37. The summed E-state index contributed by atoms with van der Waals surface area (Å²) in [5, 5.41) is 10.6. The molecule has 0 radical (unpaired) electrons. The average Bonchev–Trinajstić information content (AvgIpc) is 2.85. The van der Waals surface area contributed by atoms with Gasteiger partial charge in [-0.1, -0.05) is 56.6 Å². The van der Waals surface area contributed by atoms with Crippen LogP contribution >= 0.6 is 11.6 Å². The second-order valence-corrected chi connectivity index (χ2v) is 7.32. The first-order valence-electron chi connectivity index (χ1n) is 7.73. The van der Waals surface area contributed by atoms with Gasteiger partial charge in [0.15, 0.2) is 0 Å². The van der Waals surface area contributed by atoms with E-state index in [0.29, 0.717) is 11.7 Å². The number of halogens is 1. The number of carboxylic acid groups (broad SMARTS) is 1. The van der Waals surface area contributed by atoms with Crippen molar-refractivity contribution in [1.82, 2.24) is 9.55 Å². The predicted molar refractivity (Wildman–Crippen MR) is 95.9 cm³/mol. The molecule has 5 heteroatoms. The first kappa shape index (κ1) is 16.5. The molecule has 0 aliphatic carbocycles. The number of pyridine rings is 1. The van der Waals surface area contributed by atoms with Crippen LogP contribution in [0.3, 0.4) is 0 Å². The summed E-state index contributed by atoms with van der Waals surface area (Å²) in [6, 6.07) is 11.6. The zero-order chi connectivity index (χ0) is 17.5. The molecule has 0 saturated carbocycles. The fourth-order valence-electron chi connectivity index (χ4n) is 2.77. The Morgan fingerprint density at radius 1 is 1.21 bits per heavy atom. The van der Waals surface area contributed by atoms with Crippen LogP contribution in [0.2, 0.25) is 5.15 Å². The Kier molecular flexibility index (Phi) is 4.10. The Bertz CT molecular complexity index is 906. The summed E-state index contributed by atoms with van der Waals surface area (Å²) in [5.74, 6) is -0.964. The van der Waals surface area contributed by atoms with Crippen LogP contribution in [0.15, 0.2) is 42.6 Å². The lowest BCUT2D eigenvalue weighted by molar-refractivity contribution is 0.0686. The number of rotatable bonds is 3. The molecule has 0 amide bonds. The lowest BCUT2D eigenvalue weighted by Gasteiger charge is -2.19. The third kappa shape index (κ3) is 3.15. The van der Waals surface area contributed by atoms with E-state index in [1.54, 1.807) is 22.9 Å². The van der Waals surface area contributed by atoms with Gasteiger partial charge >= 0.3 is 5.97 Å². The number of hydrogen-bond acceptors (Lipinski definition) is 2. The molecule has 0 atom stereocenters. The number of carbonyl (C=O) groups is 1. The highest BCUT2D eigenvalue weighted by Crippen LogP contribution is 2.25. The van der Waals surface area contributed by atoms with E-state index in [2.05, 4.69) is 37.9 Å². The highest BCUT2D eigenvalue weighted by atomic mass is 35.5. The maximum absolute atomic E-state index is 11.6. The van der Waals surface area contributed by atoms with Gasteiger partial charge in [-0.25, -0.2) is 9.78 Å². The van der Waals surface area contributed by atoms with Crippen molar-refractivity contribution in [2.45, 2.75) is 32.7 Å². The lowest BCUT2D eigenvalue weighted by atomic mass is 9.87. The molecule has 3 aromatic rings. The normalized spacial score (nSPS) is 11.8. The van der Waals surface area contributed by atoms with Gasteiger partial charge in [-0.05, 0) is 28.7 Å². The summed E-state index contributed by atoms with van der Waals surface area (Å²) in [6.07, 6.45) is 1.60. The van der Waals surface area contributed by atoms with Gasteiger partial charge in [-0.15, -0.1) is 0 Å². The molecule has 3 rings (SSSR count). The smallest absolute Gasteiger partial charge is 0.352 e. The van der Waals surface area contributed by atoms with Crippen molar-refractivity contribution in [3.05, 3.63) is 64.6 Å². The topological polar surface area (TPSA) is 55.1 Å². The fourth-order valence-corrected chi connectivity index (χ4v) is 2.92. The van der Waals surface area contributed by atoms with Crippen LogP contribution in [0.4, 0.5) is 0 Å². The van der Waals surface area contributed by atoms with Gasteiger partial charge in [0.2, 0.25) is 0 Å². The highest BCUT2D eigenvalue weighted by Gasteiger charge is 2.17. The molecule has 24 heavy (non-hydrogen) atoms. The largest absolute Gasteiger partial charge is 0.477 e. The minimum atomic E-state index is -0.964. The van der Waals surface area contributed by atoms with E-state index in [1.165, 1.54) is 5.56 Å². The van der Waals surface area contributed by atoms with Crippen molar-refractivity contribution in [3.8, 4) is 0 Å². The fraction of sp³-hybridized carbons (Fsp3) is 0.263. The second kappa shape index (κ2) is 5.95. The van der Waals surface area contributed by atoms with E-state index in [9.17, 15) is 9.90 Å². The number of benzene rings is 1. The molecule has 0 aliphatic heterocycles. The molecule has 2 heterocycles. The van der Waals surface area contributed by atoms with Crippen molar-refractivity contribution in [3.63, 3.8) is 0 Å². The van der Waals surface area contributed by atoms with Crippen molar-refractivity contribution in [1.29, 1.82) is 0 Å². The quantitative estimate of drug-likeness (QED) is 0.700. The molecule has 0 unspecified atom stereocenters. The monoisotopic (exact) mass is 342 g/mol. The molecule has 124 valence electrons. The Labute approximate surface area is 145 Å². The zero-order valence-electron chi connectivity index (χ0n) is 13.9. The van der Waals surface area contributed by atoms with Crippen LogP contribution in [0.25, 0.3) is 10.9 Å². The number of nitrogens with zero attached hydrogens (tertiary/aromatic N) is 2. The van der Waals surface area contributed by atoms with Gasteiger partial charge in [0.05, 0.1) is 5.52 Å². The number of carboxylic acids is 1. The Morgan fingerprint density at radius 3 is 2.46 bits per heavy atom. The van der Waals surface area contributed by atoms with Crippen LogP contribution < -0.4 is 0 Å². The van der Waals surface area contributed by atoms with Gasteiger partial charge in [-0.3, -0.25) is 0 Å². The minimum absolute atomic E-state index is 0.0874. The maximum Gasteiger partial charge on any atom is 0.352 e. The molecule has 0 aliphatic rings. The number of aromatic carboxylic acids is 1. The van der Waals surface area contributed by atoms with Crippen molar-refractivity contribution in [2.75, 3.05) is 0 Å². The Balaban J connectivity index is 2.04. The SMILES string of the molecule is CC(C)(C)c1ccc(Cn2c(C(=O)O)cc3cnc(Cl)cc32)cc1. The molecule has 4 nitrogen and oxygen atoms in total. The number of aromatic nitrogens is 2. The van der Waals surface area contributed by atoms with Gasteiger partial charge in [0.25, 0.3) is 0 Å². The minimum Gasteiger partial charge on any atom is -0.477 e. The van der Waals surface area contributed by atoms with Crippen LogP contribution in [0.1, 0.15) is 42.4 Å². The summed E-state index contributed by atoms with van der Waals surface area (Å²) in [7, 11) is 0. The molecule has 1 aromatic carbocycles. The van der Waals surface area contributed by atoms with Crippen LogP contribution in [0, 0.1) is 0 Å². The molecular weight excluding hydrogens is 324 g/mol. The number of fused-ring (bicyclic) bond motifs is 1. The van der Waals surface area contributed by atoms with Crippen LogP contribution in [0.5, 0.6) is 0 Å². The zero-order valence-corrected chi connectivity index (χ0v) is 14.6. The summed E-state index contributed by atoms with van der Waals surface area (Å²) in [6.45, 7) is 6.97. The molecular formula is C19H19ClN2O2. The standard InChI is InChI=1S/C19H19ClN2O2/c1-19(2,3)14-6-4-12(5-7-14)11-22-15-9-17(20)21-10-13(15)8-16(22)18(23)24/h4-10H,11H2,1-3H3,(H,23,24). The average molecular weight is 343 g/mol. The van der Waals surface area contributed by atoms with Crippen molar-refractivity contribution < 1.29 is 9.90 Å². The van der Waals surface area contributed by atoms with Gasteiger partial charge in [0.1, 0.15) is 10.8 Å². The van der Waals surface area contributed by atoms with Crippen LogP contribution in [-0.4, -0.2) is 20.6 Å². The van der Waals surface area contributed by atoms with E-state index >= 15 is 0 Å². The van der Waals surface area contributed by atoms with E-state index < -0.39 is 5.97 Å². The second-order valence-electron chi connectivity index (χ2n) is 6.93. The van der Waals surface area contributed by atoms with E-state index in [-0.39, 0.29) is 11.1 Å². The predicted octanol–water partition coefficient (Wildman–Crippen LogP) is 4.73. The van der Waals surface area contributed by atoms with Crippen molar-refractivity contribution in [2.24, 2.45) is 0 Å². The first-order chi connectivity index (χ1) is 11.3. The molecule has 0 fully saturated rings. The lowest BCUT2D eigenvalue weighted by Crippen LogP contribution is -2.12. The number of hydrogen-bond donors (Lipinski definition) is 1. The van der Waals surface area contributed by atoms with Gasteiger partial charge < -0.3 is 9.67 Å². The van der Waals surface area contributed by atoms with Gasteiger partial charge in [0, 0.05) is 18.1 Å². The summed E-state index contributed by atoms with van der Waals surface area (Å²) >= 11 is 5.98. The summed E-state index contributed by atoms with van der Waals surface area (Å²) in [4.78, 5) is 15.6. The molecule has 1 N–H and O–H groups in total. The first-order valence-corrected chi connectivity index (χ1v) is 8.11. The molecule has 0 bridgehead atoms. The van der Waals surface area contributed by atoms with E-state index in [1.807, 2.05) is 12.1 Å². The Hall–Kier alpha value is -2.33. The molecule has 0 spiro atoms. The molecule has 2 aromatic heterocycles. The van der Waals surface area contributed by atoms with E-state index in [0.717, 1.165) is 16.5 Å². The summed E-state index contributed by atoms with van der Waals surface area (Å²) < 4.78 is 1.76.